The smallest absolute Gasteiger partial charge is 0.121 e. The molecular weight excluding hydrogens is 1440 g/mol. The summed E-state index contributed by atoms with van der Waals surface area (Å²) in [5.41, 5.74) is 31.9. The quantitative estimate of drug-likeness (QED) is 0.0608. The summed E-state index contributed by atoms with van der Waals surface area (Å²) >= 11 is 0. The molecule has 0 radical (unpaired) electrons. The van der Waals surface area contributed by atoms with E-state index in [-0.39, 0.29) is 11.5 Å². The standard InChI is InChI=1S/C112H82N2O4/c115-103-73-91(113(87-61-53-83(54-62-87)105-93(75-29-9-1-10-30-75)45-25-46-94(105)76-31-11-2-12-32-76)88-63-55-84(56-64-88)106-95(77-33-13-3-14-34-77)47-26-48-96(106)78-35-15-4-16-36-78)69-71-101(103)109-111(117)110(112(109)118)102-72-70-92(74-104(102)116)114(89-65-57-85(58-66-89)107-97(79-37-17-5-18-38-79)49-27-50-98(107)80-39-19-6-20-40-80)90-67-59-86(60-68-90)108-99(81-41-21-7-22-42-81)51-28-52-100(108)82-43-23-8-24-44-82/h1-74,109-112,115-118H. The van der Waals surface area contributed by atoms with Crippen molar-refractivity contribution in [2.45, 2.75) is 24.0 Å². The van der Waals surface area contributed by atoms with Crippen LogP contribution in [0.4, 0.5) is 34.1 Å². The minimum Gasteiger partial charge on any atom is -0.508 e. The highest BCUT2D eigenvalue weighted by Crippen LogP contribution is 2.55. The van der Waals surface area contributed by atoms with Gasteiger partial charge in [-0.25, -0.2) is 0 Å². The van der Waals surface area contributed by atoms with Gasteiger partial charge in [-0.2, -0.15) is 0 Å². The van der Waals surface area contributed by atoms with Gasteiger partial charge in [0.2, 0.25) is 0 Å². The van der Waals surface area contributed by atoms with Crippen LogP contribution in [0.5, 0.6) is 11.5 Å². The van der Waals surface area contributed by atoms with E-state index in [4.69, 9.17) is 0 Å². The van der Waals surface area contributed by atoms with E-state index in [1.165, 1.54) is 0 Å². The Kier molecular flexibility index (Phi) is 20.2. The lowest BCUT2D eigenvalue weighted by Gasteiger charge is -2.47. The van der Waals surface area contributed by atoms with Gasteiger partial charge < -0.3 is 30.2 Å². The van der Waals surface area contributed by atoms with Gasteiger partial charge >= 0.3 is 0 Å². The van der Waals surface area contributed by atoms with Crippen LogP contribution in [0.15, 0.2) is 449 Å². The van der Waals surface area contributed by atoms with E-state index in [1.54, 1.807) is 12.1 Å². The molecule has 0 spiro atoms. The first-order chi connectivity index (χ1) is 58.2. The van der Waals surface area contributed by atoms with Crippen LogP contribution in [-0.4, -0.2) is 32.6 Å². The van der Waals surface area contributed by atoms with Gasteiger partial charge in [0.05, 0.1) is 12.2 Å². The van der Waals surface area contributed by atoms with Crippen LogP contribution in [-0.2, 0) is 0 Å². The van der Waals surface area contributed by atoms with Crippen molar-refractivity contribution < 1.29 is 20.4 Å². The summed E-state index contributed by atoms with van der Waals surface area (Å²) in [5.74, 6) is -1.96. The Morgan fingerprint density at radius 3 is 0.500 bits per heavy atom. The summed E-state index contributed by atoms with van der Waals surface area (Å²) in [6, 6.07) is 156. The third kappa shape index (κ3) is 14.2. The molecule has 0 heterocycles. The summed E-state index contributed by atoms with van der Waals surface area (Å²) in [6.45, 7) is 0. The fraction of sp³-hybridized carbons (Fsp3) is 0.0357. The zero-order valence-corrected chi connectivity index (χ0v) is 64.7. The van der Waals surface area contributed by atoms with Crippen molar-refractivity contribution in [1.29, 1.82) is 0 Å². The van der Waals surface area contributed by atoms with Gasteiger partial charge in [-0.1, -0.05) is 376 Å². The maximum atomic E-state index is 12.6. The molecule has 0 atom stereocenters. The summed E-state index contributed by atoms with van der Waals surface area (Å²) in [6.07, 6.45) is -2.37. The predicted octanol–water partition coefficient (Wildman–Crippen LogP) is 28.6. The fourth-order valence-corrected chi connectivity index (χ4v) is 17.7. The number of benzene rings is 18. The maximum Gasteiger partial charge on any atom is 0.121 e. The molecule has 6 heteroatoms. The van der Waals surface area contributed by atoms with Gasteiger partial charge in [0.1, 0.15) is 11.5 Å². The van der Waals surface area contributed by atoms with E-state index < -0.39 is 24.0 Å². The van der Waals surface area contributed by atoms with Crippen molar-refractivity contribution in [1.82, 2.24) is 0 Å². The lowest BCUT2D eigenvalue weighted by molar-refractivity contribution is -0.0797. The predicted molar refractivity (Wildman–Crippen MR) is 488 cm³/mol. The molecule has 1 fully saturated rings. The second-order valence-electron chi connectivity index (χ2n) is 30.2. The van der Waals surface area contributed by atoms with Gasteiger partial charge in [0, 0.05) is 69.2 Å². The van der Waals surface area contributed by atoms with Crippen molar-refractivity contribution in [2.24, 2.45) is 0 Å². The molecule has 0 amide bonds. The monoisotopic (exact) mass is 1520 g/mol. The lowest BCUT2D eigenvalue weighted by Crippen LogP contribution is -2.51. The molecule has 0 saturated heterocycles. The Bertz CT molecular complexity index is 5570. The van der Waals surface area contributed by atoms with E-state index in [1.807, 2.05) is 72.8 Å². The van der Waals surface area contributed by atoms with Crippen LogP contribution in [0, 0.1) is 0 Å². The zero-order chi connectivity index (χ0) is 79.4. The first-order valence-electron chi connectivity index (χ1n) is 40.2. The van der Waals surface area contributed by atoms with E-state index in [0.29, 0.717) is 22.5 Å². The van der Waals surface area contributed by atoms with E-state index >= 15 is 0 Å². The number of phenolic OH excluding ortho intramolecular Hbond substituents is 2. The topological polar surface area (TPSA) is 87.4 Å². The molecule has 0 aromatic heterocycles. The first-order valence-corrected chi connectivity index (χ1v) is 40.2. The number of aliphatic hydroxyl groups excluding tert-OH is 2. The first kappa shape index (κ1) is 73.3. The third-order valence-corrected chi connectivity index (χ3v) is 23.3. The van der Waals surface area contributed by atoms with E-state index in [0.717, 1.165) is 156 Å². The van der Waals surface area contributed by atoms with Gasteiger partial charge in [-0.05, 0) is 194 Å². The minimum atomic E-state index is -1.19. The third-order valence-electron chi connectivity index (χ3n) is 23.3. The number of hydrogen-bond acceptors (Lipinski definition) is 6. The fourth-order valence-electron chi connectivity index (χ4n) is 17.7. The molecule has 0 aliphatic heterocycles. The molecule has 118 heavy (non-hydrogen) atoms. The Balaban J connectivity index is 0.674. The second-order valence-corrected chi connectivity index (χ2v) is 30.2. The number of hydrogen-bond donors (Lipinski definition) is 4. The molecular formula is C112H82N2O4. The number of aromatic hydroxyl groups is 2. The normalized spacial score (nSPS) is 14.3. The molecule has 6 nitrogen and oxygen atoms in total. The second kappa shape index (κ2) is 32.5. The number of rotatable bonds is 20. The van der Waals surface area contributed by atoms with Crippen molar-refractivity contribution >= 4 is 34.1 Å². The summed E-state index contributed by atoms with van der Waals surface area (Å²) in [4.78, 5) is 4.28. The van der Waals surface area contributed by atoms with Crippen LogP contribution in [0.25, 0.3) is 134 Å². The van der Waals surface area contributed by atoms with Gasteiger partial charge in [-0.3, -0.25) is 0 Å². The average molecular weight is 1520 g/mol. The van der Waals surface area contributed by atoms with Crippen LogP contribution in [0.3, 0.4) is 0 Å². The molecule has 1 saturated carbocycles. The number of phenols is 2. The molecule has 18 aromatic rings. The molecule has 0 unspecified atom stereocenters. The highest BCUT2D eigenvalue weighted by Gasteiger charge is 2.52. The summed E-state index contributed by atoms with van der Waals surface area (Å²) in [7, 11) is 0. The van der Waals surface area contributed by atoms with E-state index in [9.17, 15) is 20.4 Å². The van der Waals surface area contributed by atoms with Crippen LogP contribution < -0.4 is 9.80 Å². The summed E-state index contributed by atoms with van der Waals surface area (Å²) < 4.78 is 0. The maximum absolute atomic E-state index is 12.6. The van der Waals surface area contributed by atoms with E-state index in [2.05, 4.69) is 374 Å². The largest absolute Gasteiger partial charge is 0.508 e. The highest BCUT2D eigenvalue weighted by atomic mass is 16.3. The molecule has 1 aliphatic carbocycles. The van der Waals surface area contributed by atoms with Crippen LogP contribution >= 0.6 is 0 Å². The Labute approximate surface area is 689 Å². The Hall–Kier alpha value is -14.9. The van der Waals surface area contributed by atoms with Crippen LogP contribution in [0.2, 0.25) is 0 Å². The van der Waals surface area contributed by atoms with Gasteiger partial charge in [-0.15, -0.1) is 0 Å². The van der Waals surface area contributed by atoms with Crippen molar-refractivity contribution in [2.75, 3.05) is 9.80 Å². The zero-order valence-electron chi connectivity index (χ0n) is 64.7. The molecule has 0 bridgehead atoms. The highest BCUT2D eigenvalue weighted by molar-refractivity contribution is 6.00. The molecule has 1 aliphatic rings. The Morgan fingerprint density at radius 1 is 0.161 bits per heavy atom. The SMILES string of the molecule is Oc1cc(N(c2ccc(-c3c(-c4ccccc4)cccc3-c3ccccc3)cc2)c2ccc(-c3c(-c4ccccc4)cccc3-c3ccccc3)cc2)ccc1C1C(O)C(c2ccc(N(c3ccc(-c4c(-c5ccccc5)cccc4-c4ccccc4)cc3)c3ccc(-c4c(-c5ccccc5)cccc4-c4ccccc4)cc3)cc2O)C1O. The Morgan fingerprint density at radius 2 is 0.331 bits per heavy atom. The van der Waals surface area contributed by atoms with Gasteiger partial charge in [0.25, 0.3) is 0 Å². The molecule has 18 aromatic carbocycles. The number of nitrogens with zero attached hydrogens (tertiary/aromatic N) is 2. The molecule has 19 rings (SSSR count). The molecule has 564 valence electrons. The number of aliphatic hydroxyl groups is 2. The van der Waals surface area contributed by atoms with Crippen molar-refractivity contribution in [3.8, 4) is 145 Å². The number of anilines is 6. The van der Waals surface area contributed by atoms with Crippen molar-refractivity contribution in [3.63, 3.8) is 0 Å². The summed E-state index contributed by atoms with van der Waals surface area (Å²) in [5, 5.41) is 50.3. The lowest BCUT2D eigenvalue weighted by atomic mass is 9.63. The van der Waals surface area contributed by atoms with Gasteiger partial charge in [0.15, 0.2) is 0 Å². The van der Waals surface area contributed by atoms with Crippen molar-refractivity contribution in [3.05, 3.63) is 460 Å². The average Bonchev–Trinajstić information content (AvgIpc) is 0.735. The molecule has 4 N–H and O–H groups in total. The minimum absolute atomic E-state index is 0.0854. The van der Waals surface area contributed by atoms with Crippen LogP contribution in [0.1, 0.15) is 23.0 Å².